The van der Waals surface area contributed by atoms with Crippen molar-refractivity contribution in [1.82, 2.24) is 4.90 Å². The van der Waals surface area contributed by atoms with Gasteiger partial charge in [-0.1, -0.05) is 27.2 Å². The number of likely N-dealkylation sites (N-methyl/N-ethyl adjacent to an activating group) is 1. The van der Waals surface area contributed by atoms with Crippen LogP contribution in [0, 0.1) is 0 Å². The van der Waals surface area contributed by atoms with E-state index in [0.717, 1.165) is 12.8 Å². The highest BCUT2D eigenvalue weighted by molar-refractivity contribution is 4.87. The van der Waals surface area contributed by atoms with Gasteiger partial charge < -0.3 is 5.73 Å². The van der Waals surface area contributed by atoms with Crippen LogP contribution in [0.25, 0.3) is 0 Å². The van der Waals surface area contributed by atoms with Crippen molar-refractivity contribution < 1.29 is 13.2 Å². The number of unbranched alkanes of at least 4 members (excludes halogenated alkanes) is 1. The van der Waals surface area contributed by atoms with E-state index < -0.39 is 18.3 Å². The van der Waals surface area contributed by atoms with Gasteiger partial charge in [0.05, 0.1) is 0 Å². The molecule has 0 saturated carbocycles. The van der Waals surface area contributed by atoms with E-state index in [-0.39, 0.29) is 0 Å². The fourth-order valence-corrected chi connectivity index (χ4v) is 1.80. The topological polar surface area (TPSA) is 29.3 Å². The van der Waals surface area contributed by atoms with Crippen LogP contribution in [-0.4, -0.2) is 36.2 Å². The first-order valence-electron chi connectivity index (χ1n) is 5.94. The van der Waals surface area contributed by atoms with E-state index >= 15 is 0 Å². The molecule has 0 amide bonds. The lowest BCUT2D eigenvalue weighted by molar-refractivity contribution is -0.189. The van der Waals surface area contributed by atoms with Gasteiger partial charge in [0.2, 0.25) is 0 Å². The molecule has 2 unspecified atom stereocenters. The molecule has 0 fully saturated rings. The SMILES string of the molecule is CCCCN(CC)C(C(N)CC)C(F)(F)F. The van der Waals surface area contributed by atoms with Crippen molar-refractivity contribution in [3.8, 4) is 0 Å². The van der Waals surface area contributed by atoms with Crippen molar-refractivity contribution in [3.63, 3.8) is 0 Å². The third kappa shape index (κ3) is 4.70. The van der Waals surface area contributed by atoms with Crippen molar-refractivity contribution in [1.29, 1.82) is 0 Å². The summed E-state index contributed by atoms with van der Waals surface area (Å²) in [5.41, 5.74) is 5.59. The summed E-state index contributed by atoms with van der Waals surface area (Å²) in [6.45, 7) is 6.26. The summed E-state index contributed by atoms with van der Waals surface area (Å²) in [4.78, 5) is 1.44. The Balaban J connectivity index is 4.70. The molecule has 0 aliphatic rings. The highest BCUT2D eigenvalue weighted by atomic mass is 19.4. The monoisotopic (exact) mass is 240 g/mol. The minimum Gasteiger partial charge on any atom is -0.326 e. The van der Waals surface area contributed by atoms with Gasteiger partial charge in [-0.05, 0) is 25.9 Å². The molecule has 98 valence electrons. The van der Waals surface area contributed by atoms with Crippen LogP contribution >= 0.6 is 0 Å². The highest BCUT2D eigenvalue weighted by Crippen LogP contribution is 2.27. The molecule has 0 radical (unpaired) electrons. The van der Waals surface area contributed by atoms with E-state index in [4.69, 9.17) is 5.73 Å². The van der Waals surface area contributed by atoms with Gasteiger partial charge in [-0.2, -0.15) is 13.2 Å². The van der Waals surface area contributed by atoms with Gasteiger partial charge in [-0.3, -0.25) is 4.90 Å². The summed E-state index contributed by atoms with van der Waals surface area (Å²) < 4.78 is 38.7. The Bertz CT molecular complexity index is 183. The number of alkyl halides is 3. The van der Waals surface area contributed by atoms with Crippen molar-refractivity contribution in [2.45, 2.75) is 58.3 Å². The van der Waals surface area contributed by atoms with E-state index in [1.165, 1.54) is 4.90 Å². The van der Waals surface area contributed by atoms with Crippen LogP contribution in [0.1, 0.15) is 40.0 Å². The Labute approximate surface area is 96.0 Å². The molecule has 2 N–H and O–H groups in total. The molecular formula is C11H23F3N2. The van der Waals surface area contributed by atoms with Crippen LogP contribution in [0.2, 0.25) is 0 Å². The number of nitrogens with two attached hydrogens (primary N) is 1. The van der Waals surface area contributed by atoms with Gasteiger partial charge in [0.1, 0.15) is 6.04 Å². The molecule has 0 bridgehead atoms. The van der Waals surface area contributed by atoms with E-state index in [0.29, 0.717) is 19.5 Å². The fourth-order valence-electron chi connectivity index (χ4n) is 1.80. The van der Waals surface area contributed by atoms with Gasteiger partial charge in [0.25, 0.3) is 0 Å². The summed E-state index contributed by atoms with van der Waals surface area (Å²) in [6, 6.07) is -2.34. The maximum Gasteiger partial charge on any atom is 0.405 e. The maximum absolute atomic E-state index is 12.9. The standard InChI is InChI=1S/C11H23F3N2/c1-4-7-8-16(6-3)10(9(15)5-2)11(12,13)14/h9-10H,4-8,15H2,1-3H3. The number of halogens is 3. The van der Waals surface area contributed by atoms with E-state index in [9.17, 15) is 13.2 Å². The minimum atomic E-state index is -4.24. The first-order valence-corrected chi connectivity index (χ1v) is 5.94. The number of rotatable bonds is 7. The second kappa shape index (κ2) is 7.12. The Kier molecular flexibility index (Phi) is 6.99. The maximum atomic E-state index is 12.9. The summed E-state index contributed by atoms with van der Waals surface area (Å²) in [6.07, 6.45) is -2.23. The largest absolute Gasteiger partial charge is 0.405 e. The lowest BCUT2D eigenvalue weighted by atomic mass is 10.0. The Morgan fingerprint density at radius 3 is 2.06 bits per heavy atom. The number of nitrogens with zero attached hydrogens (tertiary/aromatic N) is 1. The van der Waals surface area contributed by atoms with E-state index in [2.05, 4.69) is 0 Å². The van der Waals surface area contributed by atoms with Crippen molar-refractivity contribution in [2.24, 2.45) is 5.73 Å². The van der Waals surface area contributed by atoms with Crippen LogP contribution in [-0.2, 0) is 0 Å². The van der Waals surface area contributed by atoms with Gasteiger partial charge in [0, 0.05) is 6.04 Å². The fraction of sp³-hybridized carbons (Fsp3) is 1.00. The lowest BCUT2D eigenvalue weighted by Crippen LogP contribution is -2.56. The number of hydrogen-bond donors (Lipinski definition) is 1. The highest BCUT2D eigenvalue weighted by Gasteiger charge is 2.45. The quantitative estimate of drug-likeness (QED) is 0.741. The Hall–Kier alpha value is -0.290. The summed E-state index contributed by atoms with van der Waals surface area (Å²) in [5.74, 6) is 0. The molecule has 0 saturated heterocycles. The first kappa shape index (κ1) is 15.7. The van der Waals surface area contributed by atoms with Gasteiger partial charge >= 0.3 is 6.18 Å². The molecule has 0 aliphatic carbocycles. The first-order chi connectivity index (χ1) is 7.38. The van der Waals surface area contributed by atoms with Crippen LogP contribution < -0.4 is 5.73 Å². The van der Waals surface area contributed by atoms with Crippen molar-refractivity contribution in [3.05, 3.63) is 0 Å². The zero-order valence-corrected chi connectivity index (χ0v) is 10.3. The summed E-state index contributed by atoms with van der Waals surface area (Å²) in [5, 5.41) is 0. The van der Waals surface area contributed by atoms with Gasteiger partial charge in [-0.15, -0.1) is 0 Å². The van der Waals surface area contributed by atoms with Crippen LogP contribution in [0.3, 0.4) is 0 Å². The van der Waals surface area contributed by atoms with E-state index in [1.54, 1.807) is 13.8 Å². The predicted molar refractivity (Wildman–Crippen MR) is 60.3 cm³/mol. The van der Waals surface area contributed by atoms with Crippen LogP contribution in [0.15, 0.2) is 0 Å². The Morgan fingerprint density at radius 2 is 1.75 bits per heavy atom. The predicted octanol–water partition coefficient (Wildman–Crippen LogP) is 2.78. The van der Waals surface area contributed by atoms with Crippen molar-refractivity contribution >= 4 is 0 Å². The summed E-state index contributed by atoms with van der Waals surface area (Å²) >= 11 is 0. The summed E-state index contributed by atoms with van der Waals surface area (Å²) in [7, 11) is 0. The zero-order chi connectivity index (χ0) is 12.8. The molecule has 0 rings (SSSR count). The second-order valence-corrected chi connectivity index (χ2v) is 4.04. The minimum absolute atomic E-state index is 0.340. The third-order valence-corrected chi connectivity index (χ3v) is 2.81. The molecule has 0 aliphatic heterocycles. The average molecular weight is 240 g/mol. The molecular weight excluding hydrogens is 217 g/mol. The smallest absolute Gasteiger partial charge is 0.326 e. The second-order valence-electron chi connectivity index (χ2n) is 4.04. The van der Waals surface area contributed by atoms with Crippen LogP contribution in [0.5, 0.6) is 0 Å². The van der Waals surface area contributed by atoms with Gasteiger partial charge in [-0.25, -0.2) is 0 Å². The molecule has 5 heteroatoms. The molecule has 0 aromatic carbocycles. The molecule has 0 aromatic heterocycles. The Morgan fingerprint density at radius 1 is 1.19 bits per heavy atom. The van der Waals surface area contributed by atoms with Crippen LogP contribution in [0.4, 0.5) is 13.2 Å². The average Bonchev–Trinajstić information content (AvgIpc) is 2.21. The normalized spacial score (nSPS) is 16.5. The third-order valence-electron chi connectivity index (χ3n) is 2.81. The molecule has 0 heterocycles. The molecule has 2 nitrogen and oxygen atoms in total. The van der Waals surface area contributed by atoms with Gasteiger partial charge in [0.15, 0.2) is 0 Å². The number of hydrogen-bond acceptors (Lipinski definition) is 2. The zero-order valence-electron chi connectivity index (χ0n) is 10.3. The molecule has 16 heavy (non-hydrogen) atoms. The molecule has 2 atom stereocenters. The lowest BCUT2D eigenvalue weighted by Gasteiger charge is -2.35. The molecule has 0 spiro atoms. The van der Waals surface area contributed by atoms with Crippen molar-refractivity contribution in [2.75, 3.05) is 13.1 Å². The molecule has 0 aromatic rings. The van der Waals surface area contributed by atoms with E-state index in [1.807, 2.05) is 6.92 Å².